The number of hydrogen-bond donors (Lipinski definition) is 0. The van der Waals surface area contributed by atoms with Crippen LogP contribution < -0.4 is 9.47 Å². The van der Waals surface area contributed by atoms with Gasteiger partial charge in [-0.2, -0.15) is 0 Å². The van der Waals surface area contributed by atoms with Crippen molar-refractivity contribution >= 4 is 16.7 Å². The minimum absolute atomic E-state index is 0.0166. The van der Waals surface area contributed by atoms with Gasteiger partial charge in [0.25, 0.3) is 0 Å². The van der Waals surface area contributed by atoms with Crippen LogP contribution in [-0.2, 0) is 29.2 Å². The second kappa shape index (κ2) is 13.1. The Bertz CT molecular complexity index is 1670. The summed E-state index contributed by atoms with van der Waals surface area (Å²) in [5, 5.41) is 2.13. The number of aryl methyl sites for hydroxylation is 1. The fourth-order valence-corrected chi connectivity index (χ4v) is 8.34. The first-order chi connectivity index (χ1) is 21.8. The van der Waals surface area contributed by atoms with Crippen molar-refractivity contribution in [1.29, 1.82) is 0 Å². The Hall–Kier alpha value is -4.05. The Kier molecular flexibility index (Phi) is 9.03. The van der Waals surface area contributed by atoms with Gasteiger partial charge in [-0.3, -0.25) is 4.79 Å². The quantitative estimate of drug-likeness (QED) is 0.134. The molecule has 6 rings (SSSR count). The molecular formula is C41H46O4. The van der Waals surface area contributed by atoms with E-state index in [0.717, 1.165) is 78.3 Å². The molecule has 0 unspecified atom stereocenters. The van der Waals surface area contributed by atoms with E-state index in [1.165, 1.54) is 11.1 Å². The smallest absolute Gasteiger partial charge is 0.311 e. The van der Waals surface area contributed by atoms with Crippen molar-refractivity contribution in [2.75, 3.05) is 7.11 Å². The molecule has 2 aliphatic rings. The molecule has 0 spiro atoms. The van der Waals surface area contributed by atoms with Gasteiger partial charge in [-0.05, 0) is 98.6 Å². The van der Waals surface area contributed by atoms with Gasteiger partial charge in [0, 0.05) is 10.8 Å². The largest absolute Gasteiger partial charge is 0.488 e. The molecule has 4 aromatic carbocycles. The molecule has 1 fully saturated rings. The van der Waals surface area contributed by atoms with Crippen LogP contribution in [-0.4, -0.2) is 13.1 Å². The Balaban J connectivity index is 1.28. The number of carbonyl (C=O) groups excluding carboxylic acids is 1. The highest BCUT2D eigenvalue weighted by Crippen LogP contribution is 2.60. The maximum absolute atomic E-state index is 13.0. The first kappa shape index (κ1) is 31.0. The number of allylic oxidation sites excluding steroid dienone is 2. The average Bonchev–Trinajstić information content (AvgIpc) is 3.06. The number of hydrogen-bond acceptors (Lipinski definition) is 4. The van der Waals surface area contributed by atoms with E-state index >= 15 is 0 Å². The third-order valence-electron chi connectivity index (χ3n) is 10.7. The monoisotopic (exact) mass is 602 g/mol. The Morgan fingerprint density at radius 1 is 0.756 bits per heavy atom. The molecule has 0 radical (unpaired) electrons. The van der Waals surface area contributed by atoms with Gasteiger partial charge >= 0.3 is 5.97 Å². The first-order valence-corrected chi connectivity index (χ1v) is 16.5. The first-order valence-electron chi connectivity index (χ1n) is 16.5. The van der Waals surface area contributed by atoms with Gasteiger partial charge < -0.3 is 14.2 Å². The molecule has 0 amide bonds. The molecule has 1 saturated carbocycles. The molecule has 0 heterocycles. The van der Waals surface area contributed by atoms with E-state index in [1.807, 2.05) is 48.5 Å². The number of esters is 1. The molecule has 0 N–H and O–H groups in total. The molecule has 0 saturated heterocycles. The summed E-state index contributed by atoms with van der Waals surface area (Å²) in [6, 6.07) is 31.4. The van der Waals surface area contributed by atoms with Crippen molar-refractivity contribution in [2.45, 2.75) is 78.9 Å². The number of benzene rings is 4. The molecule has 2 aliphatic carbocycles. The van der Waals surface area contributed by atoms with E-state index in [0.29, 0.717) is 19.1 Å². The van der Waals surface area contributed by atoms with E-state index in [-0.39, 0.29) is 11.4 Å². The van der Waals surface area contributed by atoms with Crippen molar-refractivity contribution in [2.24, 2.45) is 16.7 Å². The second-order valence-electron chi connectivity index (χ2n) is 13.5. The standard InChI is InChI=1S/C41H46O4/c1-29-16-23-38-40(2,24-11-25-41(38,3)39(42)43-4)35(29)20-18-30-17-19-33-34(26-30)37(45-28-32-14-9-6-10-15-32)22-21-36(33)44-27-31-12-7-5-8-13-31/h5-10,12-15,17,19,21-22,26,38H,11,16,18,20,23-25,27-28H2,1-4H3/t38-,40-,41+/m1/s1. The lowest BCUT2D eigenvalue weighted by Gasteiger charge is -2.54. The summed E-state index contributed by atoms with van der Waals surface area (Å²) >= 11 is 0. The topological polar surface area (TPSA) is 44.8 Å². The van der Waals surface area contributed by atoms with Crippen LogP contribution in [0.2, 0.25) is 0 Å². The SMILES string of the molecule is COC(=O)[C@@]1(C)CCC[C@]2(C)C(CCc3ccc4c(OCc5ccccc5)ccc(OCc5ccccc5)c4c3)=C(C)CC[C@@H]12. The van der Waals surface area contributed by atoms with Crippen LogP contribution in [0.4, 0.5) is 0 Å². The molecule has 0 aliphatic heterocycles. The fourth-order valence-electron chi connectivity index (χ4n) is 8.34. The maximum atomic E-state index is 13.0. The van der Waals surface area contributed by atoms with Gasteiger partial charge in [0.05, 0.1) is 12.5 Å². The van der Waals surface area contributed by atoms with E-state index in [2.05, 4.69) is 63.2 Å². The van der Waals surface area contributed by atoms with Crippen LogP contribution >= 0.6 is 0 Å². The number of fused-ring (bicyclic) bond motifs is 2. The normalized spacial score (nSPS) is 23.0. The van der Waals surface area contributed by atoms with Crippen LogP contribution in [0.25, 0.3) is 10.8 Å². The summed E-state index contributed by atoms with van der Waals surface area (Å²) in [7, 11) is 1.54. The zero-order valence-corrected chi connectivity index (χ0v) is 27.2. The Morgan fingerprint density at radius 2 is 1.38 bits per heavy atom. The fraction of sp³-hybridized carbons (Fsp3) is 0.390. The van der Waals surface area contributed by atoms with Crippen LogP contribution in [0.15, 0.2) is 102 Å². The molecule has 0 bridgehead atoms. The highest BCUT2D eigenvalue weighted by molar-refractivity contribution is 5.93. The zero-order chi connectivity index (χ0) is 31.4. The summed E-state index contributed by atoms with van der Waals surface area (Å²) in [6.45, 7) is 7.90. The van der Waals surface area contributed by atoms with E-state index in [1.54, 1.807) is 12.7 Å². The number of methoxy groups -OCH3 is 1. The van der Waals surface area contributed by atoms with Crippen LogP contribution in [0.1, 0.15) is 76.0 Å². The molecule has 0 aromatic heterocycles. The molecule has 4 heteroatoms. The average molecular weight is 603 g/mol. The molecule has 4 aromatic rings. The third-order valence-corrected chi connectivity index (χ3v) is 10.7. The molecule has 234 valence electrons. The summed E-state index contributed by atoms with van der Waals surface area (Å²) in [5.74, 6) is 1.99. The van der Waals surface area contributed by atoms with Crippen LogP contribution in [0.3, 0.4) is 0 Å². The number of carbonyl (C=O) groups is 1. The van der Waals surface area contributed by atoms with Gasteiger partial charge in [0.1, 0.15) is 24.7 Å². The van der Waals surface area contributed by atoms with Crippen LogP contribution in [0, 0.1) is 16.7 Å². The lowest BCUT2D eigenvalue weighted by molar-refractivity contribution is -0.163. The van der Waals surface area contributed by atoms with Gasteiger partial charge in [-0.1, -0.05) is 97.3 Å². The second-order valence-corrected chi connectivity index (χ2v) is 13.5. The van der Waals surface area contributed by atoms with Crippen molar-refractivity contribution in [3.63, 3.8) is 0 Å². The van der Waals surface area contributed by atoms with Crippen LogP contribution in [0.5, 0.6) is 11.5 Å². The minimum atomic E-state index is -0.419. The zero-order valence-electron chi connectivity index (χ0n) is 27.2. The summed E-state index contributed by atoms with van der Waals surface area (Å²) in [6.07, 6.45) is 7.14. The van der Waals surface area contributed by atoms with Crippen molar-refractivity contribution < 1.29 is 19.0 Å². The van der Waals surface area contributed by atoms with E-state index in [4.69, 9.17) is 14.2 Å². The summed E-state index contributed by atoms with van der Waals surface area (Å²) in [4.78, 5) is 13.0. The van der Waals surface area contributed by atoms with Gasteiger partial charge in [0.2, 0.25) is 0 Å². The van der Waals surface area contributed by atoms with Gasteiger partial charge in [-0.15, -0.1) is 0 Å². The Morgan fingerprint density at radius 3 is 2.00 bits per heavy atom. The lowest BCUT2D eigenvalue weighted by atomic mass is 9.49. The van der Waals surface area contributed by atoms with E-state index < -0.39 is 5.41 Å². The number of ether oxygens (including phenoxy) is 3. The lowest BCUT2D eigenvalue weighted by Crippen LogP contribution is -2.50. The van der Waals surface area contributed by atoms with Gasteiger partial charge in [0.15, 0.2) is 0 Å². The van der Waals surface area contributed by atoms with Crippen molar-refractivity contribution in [1.82, 2.24) is 0 Å². The molecule has 45 heavy (non-hydrogen) atoms. The predicted molar refractivity (Wildman–Crippen MR) is 181 cm³/mol. The highest BCUT2D eigenvalue weighted by Gasteiger charge is 2.55. The molecule has 4 nitrogen and oxygen atoms in total. The van der Waals surface area contributed by atoms with Crippen molar-refractivity contribution in [3.05, 3.63) is 119 Å². The third kappa shape index (κ3) is 6.25. The minimum Gasteiger partial charge on any atom is -0.488 e. The molecular weight excluding hydrogens is 556 g/mol. The maximum Gasteiger partial charge on any atom is 0.311 e. The molecule has 3 atom stereocenters. The summed E-state index contributed by atoms with van der Waals surface area (Å²) in [5.41, 5.74) is 6.22. The van der Waals surface area contributed by atoms with Gasteiger partial charge in [-0.25, -0.2) is 0 Å². The Labute approximate surface area is 268 Å². The summed E-state index contributed by atoms with van der Waals surface area (Å²) < 4.78 is 18.1. The number of rotatable bonds is 10. The van der Waals surface area contributed by atoms with E-state index in [9.17, 15) is 4.79 Å². The predicted octanol–water partition coefficient (Wildman–Crippen LogP) is 10.0. The van der Waals surface area contributed by atoms with Crippen molar-refractivity contribution in [3.8, 4) is 11.5 Å². The highest BCUT2D eigenvalue weighted by atomic mass is 16.5.